The fourth-order valence-corrected chi connectivity index (χ4v) is 2.63. The summed E-state index contributed by atoms with van der Waals surface area (Å²) in [5.41, 5.74) is 0.972. The van der Waals surface area contributed by atoms with E-state index in [1.165, 1.54) is 0 Å². The lowest BCUT2D eigenvalue weighted by atomic mass is 10.2. The lowest BCUT2D eigenvalue weighted by molar-refractivity contribution is 0.492. The van der Waals surface area contributed by atoms with Crippen molar-refractivity contribution < 1.29 is 4.43 Å². The van der Waals surface area contributed by atoms with Gasteiger partial charge in [0.1, 0.15) is 5.75 Å². The van der Waals surface area contributed by atoms with Gasteiger partial charge in [0.2, 0.25) is 0 Å². The molecule has 0 aliphatic heterocycles. The van der Waals surface area contributed by atoms with Crippen LogP contribution < -0.4 is 4.43 Å². The van der Waals surface area contributed by atoms with Crippen LogP contribution in [0.25, 0.3) is 0 Å². The minimum Gasteiger partial charge on any atom is -0.542 e. The summed E-state index contributed by atoms with van der Waals surface area (Å²) in [7, 11) is -1.86. The maximum Gasteiger partial charge on any atom is 0.250 e. The molecule has 1 aromatic carbocycles. The number of benzene rings is 1. The second-order valence-corrected chi connectivity index (χ2v) is 11.4. The Morgan fingerprint density at radius 3 is 2.06 bits per heavy atom. The van der Waals surface area contributed by atoms with Crippen molar-refractivity contribution in [3.63, 3.8) is 0 Å². The third kappa shape index (κ3) is 3.40. The Morgan fingerprint density at radius 1 is 1.06 bits per heavy atom. The molecule has 0 amide bonds. The fourth-order valence-electron chi connectivity index (χ4n) is 1.13. The first-order chi connectivity index (χ1) is 7.54. The highest BCUT2D eigenvalue weighted by atomic mass is 35.5. The first-order valence-corrected chi connectivity index (χ1v) is 9.36. The normalized spacial score (nSPS) is 12.7. The molecule has 17 heavy (non-hydrogen) atoms. The molecule has 0 aliphatic rings. The predicted molar refractivity (Wildman–Crippen MR) is 79.0 cm³/mol. The maximum atomic E-state index is 6.20. The van der Waals surface area contributed by atoms with Gasteiger partial charge in [-0.2, -0.15) is 0 Å². The van der Waals surface area contributed by atoms with Gasteiger partial charge in [0.05, 0.1) is 5.02 Å². The quantitative estimate of drug-likeness (QED) is 0.636. The summed E-state index contributed by atoms with van der Waals surface area (Å²) in [5, 5.41) is 1.48. The first kappa shape index (κ1) is 14.9. The Hall–Kier alpha value is -0.183. The lowest BCUT2D eigenvalue weighted by Gasteiger charge is -2.36. The molecule has 4 heteroatoms. The Bertz CT molecular complexity index is 422. The van der Waals surface area contributed by atoms with Gasteiger partial charge in [0, 0.05) is 5.02 Å². The van der Waals surface area contributed by atoms with E-state index in [0.29, 0.717) is 15.8 Å². The molecule has 0 fully saturated rings. The lowest BCUT2D eigenvalue weighted by Crippen LogP contribution is -2.43. The third-order valence-electron chi connectivity index (χ3n) is 3.38. The zero-order chi connectivity index (χ0) is 13.4. The highest BCUT2D eigenvalue weighted by Gasteiger charge is 2.39. The van der Waals surface area contributed by atoms with Crippen LogP contribution >= 0.6 is 23.2 Å². The standard InChI is InChI=1S/C13H20Cl2OSi/c1-9-7-11(15)12(8-10(9)14)16-17(5,6)13(2,3)4/h7-8H,1-6H3. The van der Waals surface area contributed by atoms with E-state index in [1.54, 1.807) is 0 Å². The van der Waals surface area contributed by atoms with Crippen LogP contribution in [0.1, 0.15) is 26.3 Å². The highest BCUT2D eigenvalue weighted by molar-refractivity contribution is 6.74. The second-order valence-electron chi connectivity index (χ2n) is 5.89. The van der Waals surface area contributed by atoms with Crippen molar-refractivity contribution in [3.8, 4) is 5.75 Å². The smallest absolute Gasteiger partial charge is 0.250 e. The largest absolute Gasteiger partial charge is 0.542 e. The molecule has 0 aliphatic carbocycles. The van der Waals surface area contributed by atoms with Gasteiger partial charge in [-0.15, -0.1) is 0 Å². The van der Waals surface area contributed by atoms with Gasteiger partial charge in [-0.1, -0.05) is 44.0 Å². The number of hydrogen-bond donors (Lipinski definition) is 0. The summed E-state index contributed by atoms with van der Waals surface area (Å²) in [5.74, 6) is 0.703. The van der Waals surface area contributed by atoms with E-state index in [4.69, 9.17) is 27.6 Å². The second kappa shape index (κ2) is 4.83. The molecule has 1 nitrogen and oxygen atoms in total. The van der Waals surface area contributed by atoms with E-state index >= 15 is 0 Å². The van der Waals surface area contributed by atoms with Crippen molar-refractivity contribution in [1.82, 2.24) is 0 Å². The average molecular weight is 291 g/mol. The van der Waals surface area contributed by atoms with E-state index in [2.05, 4.69) is 33.9 Å². The minimum atomic E-state index is -1.86. The predicted octanol–water partition coefficient (Wildman–Crippen LogP) is 5.69. The summed E-state index contributed by atoms with van der Waals surface area (Å²) >= 11 is 12.3. The molecular weight excluding hydrogens is 271 g/mol. The van der Waals surface area contributed by atoms with Crippen molar-refractivity contribution >= 4 is 31.5 Å². The van der Waals surface area contributed by atoms with E-state index in [0.717, 1.165) is 5.56 Å². The number of halogens is 2. The fraction of sp³-hybridized carbons (Fsp3) is 0.538. The van der Waals surface area contributed by atoms with Crippen molar-refractivity contribution in [2.24, 2.45) is 0 Å². The zero-order valence-corrected chi connectivity index (χ0v) is 13.8. The molecule has 0 unspecified atom stereocenters. The van der Waals surface area contributed by atoms with Crippen LogP contribution in [0.4, 0.5) is 0 Å². The topological polar surface area (TPSA) is 9.23 Å². The van der Waals surface area contributed by atoms with Crippen molar-refractivity contribution in [1.29, 1.82) is 0 Å². The van der Waals surface area contributed by atoms with Crippen LogP contribution in [-0.2, 0) is 0 Å². The van der Waals surface area contributed by atoms with Crippen molar-refractivity contribution in [2.75, 3.05) is 0 Å². The summed E-state index contributed by atoms with van der Waals surface area (Å²) in [6.07, 6.45) is 0. The molecule has 1 rings (SSSR count). The molecule has 0 spiro atoms. The molecule has 0 atom stereocenters. The van der Waals surface area contributed by atoms with Gasteiger partial charge in [0.25, 0.3) is 8.32 Å². The maximum absolute atomic E-state index is 6.20. The van der Waals surface area contributed by atoms with Crippen LogP contribution in [0.5, 0.6) is 5.75 Å². The van der Waals surface area contributed by atoms with Crippen molar-refractivity contribution in [3.05, 3.63) is 27.7 Å². The summed E-state index contributed by atoms with van der Waals surface area (Å²) in [6, 6.07) is 3.67. The Morgan fingerprint density at radius 2 is 1.59 bits per heavy atom. The molecule has 0 saturated heterocycles. The Balaban J connectivity index is 3.08. The average Bonchev–Trinajstić information content (AvgIpc) is 2.12. The molecule has 0 aromatic heterocycles. The number of aryl methyl sites for hydroxylation is 1. The van der Waals surface area contributed by atoms with Gasteiger partial charge in [-0.25, -0.2) is 0 Å². The molecule has 0 heterocycles. The van der Waals surface area contributed by atoms with Gasteiger partial charge >= 0.3 is 0 Å². The first-order valence-electron chi connectivity index (χ1n) is 5.69. The van der Waals surface area contributed by atoms with Crippen LogP contribution in [-0.4, -0.2) is 8.32 Å². The van der Waals surface area contributed by atoms with Gasteiger partial charge < -0.3 is 4.43 Å². The van der Waals surface area contributed by atoms with Gasteiger partial charge in [0.15, 0.2) is 0 Å². The van der Waals surface area contributed by atoms with E-state index in [9.17, 15) is 0 Å². The van der Waals surface area contributed by atoms with Gasteiger partial charge in [-0.3, -0.25) is 0 Å². The summed E-state index contributed by atoms with van der Waals surface area (Å²) < 4.78 is 6.16. The van der Waals surface area contributed by atoms with Gasteiger partial charge in [-0.05, 0) is 42.8 Å². The SMILES string of the molecule is Cc1cc(Cl)c(O[Si](C)(C)C(C)(C)C)cc1Cl. The minimum absolute atomic E-state index is 0.147. The van der Waals surface area contributed by atoms with Crippen LogP contribution in [0.15, 0.2) is 12.1 Å². The van der Waals surface area contributed by atoms with E-state index in [-0.39, 0.29) is 5.04 Å². The third-order valence-corrected chi connectivity index (χ3v) is 8.43. The van der Waals surface area contributed by atoms with Crippen molar-refractivity contribution in [2.45, 2.75) is 45.8 Å². The molecule has 0 radical (unpaired) electrons. The summed E-state index contributed by atoms with van der Waals surface area (Å²) in [4.78, 5) is 0. The molecular formula is C13H20Cl2OSi. The molecule has 0 saturated carbocycles. The highest BCUT2D eigenvalue weighted by Crippen LogP contribution is 2.40. The monoisotopic (exact) mass is 290 g/mol. The van der Waals surface area contributed by atoms with Crippen LogP contribution in [0.2, 0.25) is 28.2 Å². The van der Waals surface area contributed by atoms with E-state index < -0.39 is 8.32 Å². The molecule has 96 valence electrons. The molecule has 0 N–H and O–H groups in total. The summed E-state index contributed by atoms with van der Waals surface area (Å²) in [6.45, 7) is 12.9. The van der Waals surface area contributed by atoms with Crippen LogP contribution in [0, 0.1) is 6.92 Å². The molecule has 0 bridgehead atoms. The number of hydrogen-bond acceptors (Lipinski definition) is 1. The Labute approximate surface area is 115 Å². The number of rotatable bonds is 2. The Kier molecular flexibility index (Phi) is 4.23. The molecule has 1 aromatic rings. The van der Waals surface area contributed by atoms with Crippen LogP contribution in [0.3, 0.4) is 0 Å². The van der Waals surface area contributed by atoms with E-state index in [1.807, 2.05) is 19.1 Å². The zero-order valence-electron chi connectivity index (χ0n) is 11.3.